The highest BCUT2D eigenvalue weighted by Crippen LogP contribution is 2.21. The van der Waals surface area contributed by atoms with E-state index in [1.165, 1.54) is 23.5 Å². The van der Waals surface area contributed by atoms with Crippen LogP contribution in [0.3, 0.4) is 0 Å². The van der Waals surface area contributed by atoms with Gasteiger partial charge in [-0.15, -0.1) is 0 Å². The van der Waals surface area contributed by atoms with Gasteiger partial charge in [0.25, 0.3) is 0 Å². The minimum absolute atomic E-state index is 0.182. The fourth-order valence-corrected chi connectivity index (χ4v) is 4.55. The van der Waals surface area contributed by atoms with Crippen LogP contribution in [0.5, 0.6) is 5.75 Å². The van der Waals surface area contributed by atoms with Crippen LogP contribution >= 0.6 is 0 Å². The molecule has 1 unspecified atom stereocenters. The zero-order valence-corrected chi connectivity index (χ0v) is 17.2. The quantitative estimate of drug-likeness (QED) is 0.679. The molecule has 1 aromatic carbocycles. The van der Waals surface area contributed by atoms with Crippen LogP contribution in [0.2, 0.25) is 0 Å². The summed E-state index contributed by atoms with van der Waals surface area (Å²) in [7, 11) is -2.13. The highest BCUT2D eigenvalue weighted by Gasteiger charge is 2.33. The van der Waals surface area contributed by atoms with Crippen LogP contribution in [-0.4, -0.2) is 68.9 Å². The van der Waals surface area contributed by atoms with Gasteiger partial charge in [0.1, 0.15) is 11.8 Å². The van der Waals surface area contributed by atoms with Crippen molar-refractivity contribution in [3.63, 3.8) is 0 Å². The molecule has 2 rings (SSSR count). The van der Waals surface area contributed by atoms with Gasteiger partial charge in [0.15, 0.2) is 0 Å². The van der Waals surface area contributed by atoms with Gasteiger partial charge in [-0.25, -0.2) is 13.2 Å². The molecule has 28 heavy (non-hydrogen) atoms. The second-order valence-corrected chi connectivity index (χ2v) is 9.03. The Balaban J connectivity index is 2.03. The van der Waals surface area contributed by atoms with E-state index >= 15 is 0 Å². The summed E-state index contributed by atoms with van der Waals surface area (Å²) in [5, 5.41) is 2.49. The summed E-state index contributed by atoms with van der Waals surface area (Å²) >= 11 is 0. The zero-order chi connectivity index (χ0) is 20.9. The number of hydrogen-bond donors (Lipinski definition) is 2. The van der Waals surface area contributed by atoms with Crippen molar-refractivity contribution in [2.45, 2.75) is 31.2 Å². The molecule has 1 fully saturated rings. The Kier molecular flexibility index (Phi) is 7.25. The van der Waals surface area contributed by atoms with E-state index in [1.54, 1.807) is 17.0 Å². The average molecular weight is 413 g/mol. The Morgan fingerprint density at radius 3 is 2.18 bits per heavy atom. The first-order valence-corrected chi connectivity index (χ1v) is 10.6. The molecule has 0 bridgehead atoms. The first-order chi connectivity index (χ1) is 13.1. The molecule has 3 N–H and O–H groups in total. The summed E-state index contributed by atoms with van der Waals surface area (Å²) in [5.41, 5.74) is 5.18. The Morgan fingerprint density at radius 1 is 1.14 bits per heavy atom. The van der Waals surface area contributed by atoms with Crippen LogP contribution in [0, 0.1) is 5.92 Å². The molecule has 1 atom stereocenters. The van der Waals surface area contributed by atoms with Crippen LogP contribution in [0.15, 0.2) is 29.2 Å². The normalized spacial score (nSPS) is 16.6. The van der Waals surface area contributed by atoms with Gasteiger partial charge in [0.05, 0.1) is 12.0 Å². The van der Waals surface area contributed by atoms with Crippen molar-refractivity contribution >= 4 is 22.0 Å². The van der Waals surface area contributed by atoms with Crippen LogP contribution in [0.25, 0.3) is 0 Å². The third-order valence-electron chi connectivity index (χ3n) is 4.57. The van der Waals surface area contributed by atoms with Crippen LogP contribution in [0.4, 0.5) is 4.79 Å². The number of sulfonamides is 1. The number of ether oxygens (including phenoxy) is 1. The number of rotatable bonds is 7. The molecule has 0 aromatic heterocycles. The molecule has 10 heteroatoms. The molecule has 0 saturated carbocycles. The highest BCUT2D eigenvalue weighted by molar-refractivity contribution is 7.89. The lowest BCUT2D eigenvalue weighted by Crippen LogP contribution is -2.56. The number of urea groups is 1. The highest BCUT2D eigenvalue weighted by atomic mass is 32.2. The van der Waals surface area contributed by atoms with Gasteiger partial charge in [-0.2, -0.15) is 4.31 Å². The number of nitrogens with two attached hydrogens (primary N) is 1. The summed E-state index contributed by atoms with van der Waals surface area (Å²) in [6.07, 6.45) is 0.464. The third-order valence-corrected chi connectivity index (χ3v) is 6.48. The zero-order valence-electron chi connectivity index (χ0n) is 16.4. The molecule has 1 aliphatic heterocycles. The molecule has 0 spiro atoms. The molecule has 9 nitrogen and oxygen atoms in total. The van der Waals surface area contributed by atoms with E-state index in [9.17, 15) is 18.0 Å². The number of carbonyl (C=O) groups is 2. The Labute approximate surface area is 165 Å². The summed E-state index contributed by atoms with van der Waals surface area (Å²) in [4.78, 5) is 25.7. The van der Waals surface area contributed by atoms with Gasteiger partial charge < -0.3 is 20.7 Å². The molecule has 156 valence electrons. The average Bonchev–Trinajstić information content (AvgIpc) is 2.66. The number of amides is 3. The van der Waals surface area contributed by atoms with Crippen molar-refractivity contribution in [3.8, 4) is 5.75 Å². The number of nitrogens with zero attached hydrogens (tertiary/aromatic N) is 2. The summed E-state index contributed by atoms with van der Waals surface area (Å²) in [6.45, 7) is 4.77. The maximum absolute atomic E-state index is 12.8. The fourth-order valence-electron chi connectivity index (χ4n) is 3.13. The first-order valence-electron chi connectivity index (χ1n) is 9.14. The van der Waals surface area contributed by atoms with Crippen molar-refractivity contribution in [2.24, 2.45) is 11.7 Å². The number of piperazine rings is 1. The van der Waals surface area contributed by atoms with Gasteiger partial charge in [-0.3, -0.25) is 4.79 Å². The molecule has 1 saturated heterocycles. The third kappa shape index (κ3) is 5.35. The minimum atomic E-state index is -3.64. The second-order valence-electron chi connectivity index (χ2n) is 7.10. The second kappa shape index (κ2) is 9.24. The predicted molar refractivity (Wildman–Crippen MR) is 104 cm³/mol. The van der Waals surface area contributed by atoms with Gasteiger partial charge in [-0.1, -0.05) is 13.8 Å². The maximum Gasteiger partial charge on any atom is 0.312 e. The van der Waals surface area contributed by atoms with E-state index in [2.05, 4.69) is 5.32 Å². The number of benzene rings is 1. The van der Waals surface area contributed by atoms with Gasteiger partial charge >= 0.3 is 6.03 Å². The lowest BCUT2D eigenvalue weighted by Gasteiger charge is -2.36. The molecular weight excluding hydrogens is 384 g/mol. The predicted octanol–water partition coefficient (Wildman–Crippen LogP) is 0.611. The number of carbonyl (C=O) groups excluding carboxylic acids is 2. The maximum atomic E-state index is 12.8. The van der Waals surface area contributed by atoms with E-state index in [0.29, 0.717) is 12.2 Å². The van der Waals surface area contributed by atoms with Crippen molar-refractivity contribution in [1.82, 2.24) is 14.5 Å². The van der Waals surface area contributed by atoms with Gasteiger partial charge in [0, 0.05) is 26.2 Å². The summed E-state index contributed by atoms with van der Waals surface area (Å²) in [6, 6.07) is 4.74. The van der Waals surface area contributed by atoms with E-state index in [1.807, 2.05) is 13.8 Å². The van der Waals surface area contributed by atoms with Crippen molar-refractivity contribution in [1.29, 1.82) is 0 Å². The lowest BCUT2D eigenvalue weighted by atomic mass is 10.0. The number of primary amides is 1. The van der Waals surface area contributed by atoms with E-state index in [-0.39, 0.29) is 42.9 Å². The number of nitrogens with one attached hydrogen (secondary N) is 1. The Morgan fingerprint density at radius 2 is 1.71 bits per heavy atom. The standard InChI is InChI=1S/C18H28N4O5S/c1-13(2)12-16(20-18(19)24)17(23)21-8-10-22(11-9-21)28(25,26)15-6-4-14(27-3)5-7-15/h4-7,13,16H,8-12H2,1-3H3,(H3,19,20,24). The monoisotopic (exact) mass is 412 g/mol. The van der Waals surface area contributed by atoms with E-state index in [0.717, 1.165) is 0 Å². The van der Waals surface area contributed by atoms with Crippen LogP contribution in [0.1, 0.15) is 20.3 Å². The molecule has 0 aliphatic carbocycles. The molecule has 0 radical (unpaired) electrons. The van der Waals surface area contributed by atoms with Crippen molar-refractivity contribution < 1.29 is 22.7 Å². The first kappa shape index (κ1) is 22.0. The van der Waals surface area contributed by atoms with Crippen LogP contribution < -0.4 is 15.8 Å². The summed E-state index contributed by atoms with van der Waals surface area (Å²) < 4.78 is 32.0. The van der Waals surface area contributed by atoms with Crippen molar-refractivity contribution in [3.05, 3.63) is 24.3 Å². The number of hydrogen-bond acceptors (Lipinski definition) is 5. The summed E-state index contributed by atoms with van der Waals surface area (Å²) in [5.74, 6) is 0.527. The molecule has 1 aromatic rings. The Hall–Kier alpha value is -2.33. The van der Waals surface area contributed by atoms with E-state index < -0.39 is 22.1 Å². The lowest BCUT2D eigenvalue weighted by molar-refractivity contribution is -0.134. The van der Waals surface area contributed by atoms with E-state index in [4.69, 9.17) is 10.5 Å². The topological polar surface area (TPSA) is 122 Å². The molecule has 1 heterocycles. The smallest absolute Gasteiger partial charge is 0.312 e. The number of methoxy groups -OCH3 is 1. The SMILES string of the molecule is COc1ccc(S(=O)(=O)N2CCN(C(=O)C(CC(C)C)NC(N)=O)CC2)cc1. The van der Waals surface area contributed by atoms with Crippen molar-refractivity contribution in [2.75, 3.05) is 33.3 Å². The minimum Gasteiger partial charge on any atom is -0.497 e. The largest absolute Gasteiger partial charge is 0.497 e. The fraction of sp³-hybridized carbons (Fsp3) is 0.556. The molecule has 1 aliphatic rings. The molecular formula is C18H28N4O5S. The van der Waals surface area contributed by atoms with Gasteiger partial charge in [-0.05, 0) is 36.6 Å². The molecule has 3 amide bonds. The van der Waals surface area contributed by atoms with Gasteiger partial charge in [0.2, 0.25) is 15.9 Å². The van der Waals surface area contributed by atoms with Crippen LogP contribution in [-0.2, 0) is 14.8 Å². The Bertz CT molecular complexity index is 787.